The third kappa shape index (κ3) is 4.37. The summed E-state index contributed by atoms with van der Waals surface area (Å²) in [6.45, 7) is 3.61. The fraction of sp³-hybridized carbons (Fsp3) is 0.500. The number of carbonyl (C=O) groups is 1. The lowest BCUT2D eigenvalue weighted by atomic mass is 9.96. The van der Waals surface area contributed by atoms with Crippen molar-refractivity contribution in [1.29, 1.82) is 0 Å². The van der Waals surface area contributed by atoms with Crippen LogP contribution in [0.1, 0.15) is 17.7 Å². The number of ether oxygens (including phenoxy) is 1. The Morgan fingerprint density at radius 1 is 1.31 bits per heavy atom. The zero-order valence-corrected chi connectivity index (χ0v) is 15.2. The van der Waals surface area contributed by atoms with E-state index >= 15 is 0 Å². The molecule has 0 aliphatic carbocycles. The van der Waals surface area contributed by atoms with E-state index in [4.69, 9.17) is 9.15 Å². The molecule has 0 saturated carbocycles. The first-order valence-corrected chi connectivity index (χ1v) is 8.53. The number of benzene rings is 1. The molecule has 140 valence electrons. The second-order valence-electron chi connectivity index (χ2n) is 6.83. The number of carbonyl (C=O) groups excluding carboxylic acids is 1. The van der Waals surface area contributed by atoms with Crippen LogP contribution in [0, 0.1) is 18.7 Å². The molecule has 3 rings (SSSR count). The molecule has 7 nitrogen and oxygen atoms in total. The van der Waals surface area contributed by atoms with Crippen LogP contribution in [0.3, 0.4) is 0 Å². The van der Waals surface area contributed by atoms with Gasteiger partial charge in [0.25, 0.3) is 5.91 Å². The first-order valence-electron chi connectivity index (χ1n) is 8.53. The van der Waals surface area contributed by atoms with Crippen LogP contribution >= 0.6 is 0 Å². The minimum absolute atomic E-state index is 0.00775. The van der Waals surface area contributed by atoms with Gasteiger partial charge in [-0.15, -0.1) is 10.2 Å². The van der Waals surface area contributed by atoms with Crippen LogP contribution in [0.15, 0.2) is 28.7 Å². The summed E-state index contributed by atoms with van der Waals surface area (Å²) in [4.78, 5) is 16.4. The van der Waals surface area contributed by atoms with Crippen LogP contribution < -0.4 is 4.74 Å². The van der Waals surface area contributed by atoms with E-state index in [-0.39, 0.29) is 30.2 Å². The maximum absolute atomic E-state index is 12.9. The molecule has 26 heavy (non-hydrogen) atoms. The normalized spacial score (nSPS) is 20.0. The highest BCUT2D eigenvalue weighted by Crippen LogP contribution is 2.32. The molecule has 0 radical (unpaired) electrons. The van der Waals surface area contributed by atoms with Crippen molar-refractivity contribution in [1.82, 2.24) is 20.0 Å². The van der Waals surface area contributed by atoms with Gasteiger partial charge in [-0.1, -0.05) is 0 Å². The standard InChI is InChI=1S/C18H23FN4O3/c1-12-20-21-18(26-12)16-10-23(9-13(16)8-22(2)3)17(24)11-25-15-6-4-14(19)5-7-15/h4-7,13,16H,8-11H2,1-3H3/t13-,16-/m0/s1. The Bertz CT molecular complexity index is 747. The molecule has 1 fully saturated rings. The molecular formula is C18H23FN4O3. The van der Waals surface area contributed by atoms with Crippen LogP contribution in [-0.4, -0.2) is 66.2 Å². The average molecular weight is 362 g/mol. The summed E-state index contributed by atoms with van der Waals surface area (Å²) in [6, 6.07) is 5.62. The second-order valence-corrected chi connectivity index (χ2v) is 6.83. The van der Waals surface area contributed by atoms with Crippen molar-refractivity contribution < 1.29 is 18.3 Å². The quantitative estimate of drug-likeness (QED) is 0.779. The predicted octanol–water partition coefficient (Wildman–Crippen LogP) is 1.70. The van der Waals surface area contributed by atoms with Crippen LogP contribution in [0.25, 0.3) is 0 Å². The molecule has 2 atom stereocenters. The molecule has 1 aromatic heterocycles. The predicted molar refractivity (Wildman–Crippen MR) is 92.3 cm³/mol. The minimum Gasteiger partial charge on any atom is -0.484 e. The summed E-state index contributed by atoms with van der Waals surface area (Å²) >= 11 is 0. The van der Waals surface area contributed by atoms with Crippen molar-refractivity contribution in [3.8, 4) is 5.75 Å². The molecule has 0 spiro atoms. The molecule has 8 heteroatoms. The van der Waals surface area contributed by atoms with Crippen molar-refractivity contribution in [2.45, 2.75) is 12.8 Å². The highest BCUT2D eigenvalue weighted by Gasteiger charge is 2.39. The molecule has 1 aliphatic heterocycles. The van der Waals surface area contributed by atoms with Gasteiger partial charge >= 0.3 is 0 Å². The van der Waals surface area contributed by atoms with Gasteiger partial charge in [-0.3, -0.25) is 4.79 Å². The number of hydrogen-bond acceptors (Lipinski definition) is 6. The molecule has 1 aromatic carbocycles. The van der Waals surface area contributed by atoms with E-state index in [0.29, 0.717) is 30.6 Å². The minimum atomic E-state index is -0.340. The van der Waals surface area contributed by atoms with E-state index in [1.807, 2.05) is 14.1 Å². The number of nitrogens with zero attached hydrogens (tertiary/aromatic N) is 4. The SMILES string of the molecule is Cc1nnc([C@H]2CN(C(=O)COc3ccc(F)cc3)C[C@@H]2CN(C)C)o1. The van der Waals surface area contributed by atoms with Crippen molar-refractivity contribution in [3.63, 3.8) is 0 Å². The summed E-state index contributed by atoms with van der Waals surface area (Å²) in [6.07, 6.45) is 0. The Balaban J connectivity index is 1.63. The highest BCUT2D eigenvalue weighted by atomic mass is 19.1. The van der Waals surface area contributed by atoms with Crippen molar-refractivity contribution in [3.05, 3.63) is 41.9 Å². The van der Waals surface area contributed by atoms with E-state index in [1.165, 1.54) is 24.3 Å². The Labute approximate surface area is 151 Å². The van der Waals surface area contributed by atoms with E-state index in [0.717, 1.165) is 6.54 Å². The van der Waals surface area contributed by atoms with Crippen molar-refractivity contribution in [2.24, 2.45) is 5.92 Å². The molecule has 2 heterocycles. The largest absolute Gasteiger partial charge is 0.484 e. The molecule has 0 bridgehead atoms. The summed E-state index contributed by atoms with van der Waals surface area (Å²) in [5.74, 6) is 1.32. The first-order chi connectivity index (χ1) is 12.4. The number of rotatable bonds is 6. The number of aryl methyl sites for hydroxylation is 1. The van der Waals surface area contributed by atoms with E-state index in [2.05, 4.69) is 15.1 Å². The van der Waals surface area contributed by atoms with Gasteiger partial charge in [-0.25, -0.2) is 4.39 Å². The van der Waals surface area contributed by atoms with Gasteiger partial charge in [-0.05, 0) is 38.4 Å². The van der Waals surface area contributed by atoms with Gasteiger partial charge in [0.15, 0.2) is 6.61 Å². The van der Waals surface area contributed by atoms with E-state index in [9.17, 15) is 9.18 Å². The lowest BCUT2D eigenvalue weighted by Gasteiger charge is -2.19. The number of halogens is 1. The summed E-state index contributed by atoms with van der Waals surface area (Å²) in [5, 5.41) is 8.05. The molecule has 1 amide bonds. The van der Waals surface area contributed by atoms with Gasteiger partial charge in [0, 0.05) is 32.5 Å². The number of likely N-dealkylation sites (tertiary alicyclic amines) is 1. The van der Waals surface area contributed by atoms with Crippen LogP contribution in [0.2, 0.25) is 0 Å². The molecule has 1 aliphatic rings. The van der Waals surface area contributed by atoms with Gasteiger partial charge in [0.1, 0.15) is 11.6 Å². The number of amides is 1. The monoisotopic (exact) mass is 362 g/mol. The zero-order chi connectivity index (χ0) is 18.7. The first kappa shape index (κ1) is 18.3. The summed E-state index contributed by atoms with van der Waals surface area (Å²) < 4.78 is 24.0. The van der Waals surface area contributed by atoms with Gasteiger partial charge in [0.2, 0.25) is 11.8 Å². The lowest BCUT2D eigenvalue weighted by molar-refractivity contribution is -0.132. The third-order valence-corrected chi connectivity index (χ3v) is 4.43. The van der Waals surface area contributed by atoms with Crippen LogP contribution in [0.4, 0.5) is 4.39 Å². The fourth-order valence-electron chi connectivity index (χ4n) is 3.24. The van der Waals surface area contributed by atoms with E-state index < -0.39 is 0 Å². The van der Waals surface area contributed by atoms with Gasteiger partial charge in [0.05, 0.1) is 5.92 Å². The van der Waals surface area contributed by atoms with Crippen molar-refractivity contribution in [2.75, 3.05) is 40.3 Å². The number of hydrogen-bond donors (Lipinski definition) is 0. The lowest BCUT2D eigenvalue weighted by Crippen LogP contribution is -2.34. The Kier molecular flexibility index (Phi) is 5.51. The molecule has 1 saturated heterocycles. The van der Waals surface area contributed by atoms with Gasteiger partial charge in [-0.2, -0.15) is 0 Å². The average Bonchev–Trinajstić information content (AvgIpc) is 3.20. The summed E-state index contributed by atoms with van der Waals surface area (Å²) in [7, 11) is 4.00. The van der Waals surface area contributed by atoms with Gasteiger partial charge < -0.3 is 19.0 Å². The Morgan fingerprint density at radius 2 is 2.04 bits per heavy atom. The zero-order valence-electron chi connectivity index (χ0n) is 15.2. The Morgan fingerprint density at radius 3 is 2.65 bits per heavy atom. The fourth-order valence-corrected chi connectivity index (χ4v) is 3.24. The van der Waals surface area contributed by atoms with Crippen molar-refractivity contribution >= 4 is 5.91 Å². The highest BCUT2D eigenvalue weighted by molar-refractivity contribution is 5.78. The summed E-state index contributed by atoms with van der Waals surface area (Å²) in [5.41, 5.74) is 0. The second kappa shape index (κ2) is 7.82. The molecular weight excluding hydrogens is 339 g/mol. The van der Waals surface area contributed by atoms with E-state index in [1.54, 1.807) is 11.8 Å². The van der Waals surface area contributed by atoms with Crippen LogP contribution in [-0.2, 0) is 4.79 Å². The number of aromatic nitrogens is 2. The maximum Gasteiger partial charge on any atom is 0.260 e. The van der Waals surface area contributed by atoms with Crippen LogP contribution in [0.5, 0.6) is 5.75 Å². The Hall–Kier alpha value is -2.48. The third-order valence-electron chi connectivity index (χ3n) is 4.43. The smallest absolute Gasteiger partial charge is 0.260 e. The molecule has 2 aromatic rings. The molecule has 0 N–H and O–H groups in total. The maximum atomic E-state index is 12.9. The topological polar surface area (TPSA) is 71.7 Å². The molecule has 0 unspecified atom stereocenters.